The van der Waals surface area contributed by atoms with Crippen molar-refractivity contribution in [2.75, 3.05) is 20.2 Å². The minimum absolute atomic E-state index is 0.189. The maximum atomic E-state index is 11.9. The van der Waals surface area contributed by atoms with Crippen molar-refractivity contribution in [3.05, 3.63) is 35.7 Å². The number of carbonyl (C=O) groups excluding carboxylic acids is 2. The van der Waals surface area contributed by atoms with Crippen LogP contribution in [0.1, 0.15) is 48.5 Å². The van der Waals surface area contributed by atoms with Gasteiger partial charge in [0.15, 0.2) is 0 Å². The topological polar surface area (TPSA) is 80.3 Å². The van der Waals surface area contributed by atoms with Crippen LogP contribution in [0.4, 0.5) is 0 Å². The number of aromatic nitrogens is 1. The van der Waals surface area contributed by atoms with Crippen molar-refractivity contribution in [1.82, 2.24) is 15.6 Å². The van der Waals surface area contributed by atoms with Gasteiger partial charge in [0.2, 0.25) is 5.91 Å². The Bertz CT molecular complexity index is 616. The van der Waals surface area contributed by atoms with Crippen LogP contribution in [0.15, 0.2) is 24.5 Å². The van der Waals surface area contributed by atoms with Gasteiger partial charge in [-0.05, 0) is 36.5 Å². The standard InChI is InChI=1S/C19H27N3O3/c1-14-5-3-4-6-17(14)25-10-9-22-18(23)8-7-15-11-16(13-21-12-15)19(24)20-2/h7-8,11-14,17H,3-6,9-10H2,1-2H3,(H,20,24)(H,22,23)/b8-7-/t14-,17+/m0/s1. The summed E-state index contributed by atoms with van der Waals surface area (Å²) in [6, 6.07) is 1.68. The number of hydrogen-bond acceptors (Lipinski definition) is 4. The van der Waals surface area contributed by atoms with E-state index in [0.717, 1.165) is 6.42 Å². The fourth-order valence-electron chi connectivity index (χ4n) is 2.96. The number of pyridine rings is 1. The number of hydrogen-bond donors (Lipinski definition) is 2. The van der Waals surface area contributed by atoms with E-state index in [1.165, 1.54) is 31.5 Å². The van der Waals surface area contributed by atoms with Gasteiger partial charge in [0.1, 0.15) is 0 Å². The number of ether oxygens (including phenoxy) is 1. The van der Waals surface area contributed by atoms with E-state index in [4.69, 9.17) is 4.74 Å². The second-order valence-electron chi connectivity index (χ2n) is 6.38. The monoisotopic (exact) mass is 345 g/mol. The van der Waals surface area contributed by atoms with E-state index in [2.05, 4.69) is 22.5 Å². The normalized spacial score (nSPS) is 20.4. The van der Waals surface area contributed by atoms with E-state index >= 15 is 0 Å². The molecule has 1 aromatic heterocycles. The molecule has 0 unspecified atom stereocenters. The van der Waals surface area contributed by atoms with Crippen molar-refractivity contribution in [2.24, 2.45) is 5.92 Å². The highest BCUT2D eigenvalue weighted by Crippen LogP contribution is 2.25. The second kappa shape index (κ2) is 9.93. The molecule has 0 bridgehead atoms. The molecule has 1 heterocycles. The number of rotatable bonds is 7. The van der Waals surface area contributed by atoms with E-state index in [-0.39, 0.29) is 11.8 Å². The maximum absolute atomic E-state index is 11.9. The fourth-order valence-corrected chi connectivity index (χ4v) is 2.96. The average molecular weight is 345 g/mol. The predicted molar refractivity (Wildman–Crippen MR) is 97.0 cm³/mol. The molecule has 0 radical (unpaired) electrons. The van der Waals surface area contributed by atoms with Crippen LogP contribution in [0.2, 0.25) is 0 Å². The Kier molecular flexibility index (Phi) is 7.60. The summed E-state index contributed by atoms with van der Waals surface area (Å²) in [5.41, 5.74) is 1.16. The third-order valence-corrected chi connectivity index (χ3v) is 4.44. The molecule has 0 saturated heterocycles. The van der Waals surface area contributed by atoms with Gasteiger partial charge in [-0.2, -0.15) is 0 Å². The van der Waals surface area contributed by atoms with Gasteiger partial charge >= 0.3 is 0 Å². The van der Waals surface area contributed by atoms with Gasteiger partial charge < -0.3 is 15.4 Å². The second-order valence-corrected chi connectivity index (χ2v) is 6.38. The molecule has 2 N–H and O–H groups in total. The summed E-state index contributed by atoms with van der Waals surface area (Å²) in [6.07, 6.45) is 11.3. The Hall–Kier alpha value is -2.21. The predicted octanol–water partition coefficient (Wildman–Crippen LogP) is 2.17. The molecule has 1 fully saturated rings. The van der Waals surface area contributed by atoms with Crippen LogP contribution in [-0.2, 0) is 9.53 Å². The first kappa shape index (κ1) is 19.1. The highest BCUT2D eigenvalue weighted by molar-refractivity contribution is 5.95. The molecule has 1 aliphatic rings. The lowest BCUT2D eigenvalue weighted by Crippen LogP contribution is -2.31. The largest absolute Gasteiger partial charge is 0.376 e. The van der Waals surface area contributed by atoms with Crippen molar-refractivity contribution in [3.63, 3.8) is 0 Å². The quantitative estimate of drug-likeness (QED) is 0.586. The summed E-state index contributed by atoms with van der Waals surface area (Å²) < 4.78 is 5.87. The smallest absolute Gasteiger partial charge is 0.252 e. The van der Waals surface area contributed by atoms with Gasteiger partial charge in [-0.3, -0.25) is 14.6 Å². The van der Waals surface area contributed by atoms with Crippen molar-refractivity contribution < 1.29 is 14.3 Å². The molecule has 2 amide bonds. The molecule has 0 aromatic carbocycles. The van der Waals surface area contributed by atoms with E-state index in [9.17, 15) is 9.59 Å². The molecule has 1 aromatic rings. The average Bonchev–Trinajstić information content (AvgIpc) is 2.64. The molecule has 6 heteroatoms. The molecular weight excluding hydrogens is 318 g/mol. The van der Waals surface area contributed by atoms with E-state index in [0.29, 0.717) is 36.3 Å². The SMILES string of the molecule is CNC(=O)c1cncc(/C=C\C(=O)NCCO[C@@H]2CCCC[C@@H]2C)c1. The zero-order chi connectivity index (χ0) is 18.1. The zero-order valence-electron chi connectivity index (χ0n) is 15.0. The third kappa shape index (κ3) is 6.31. The van der Waals surface area contributed by atoms with E-state index in [1.807, 2.05) is 0 Å². The van der Waals surface area contributed by atoms with Gasteiger partial charge in [0.05, 0.1) is 18.3 Å². The van der Waals surface area contributed by atoms with Crippen LogP contribution in [0.5, 0.6) is 0 Å². The van der Waals surface area contributed by atoms with Crippen LogP contribution < -0.4 is 10.6 Å². The first-order valence-electron chi connectivity index (χ1n) is 8.85. The summed E-state index contributed by atoms with van der Waals surface area (Å²) in [4.78, 5) is 27.4. The number of nitrogens with one attached hydrogen (secondary N) is 2. The lowest BCUT2D eigenvalue weighted by Gasteiger charge is -2.28. The Labute approximate surface area is 149 Å². The Morgan fingerprint density at radius 3 is 2.88 bits per heavy atom. The number of amides is 2. The number of carbonyl (C=O) groups is 2. The van der Waals surface area contributed by atoms with E-state index in [1.54, 1.807) is 25.4 Å². The van der Waals surface area contributed by atoms with Gasteiger partial charge in [0, 0.05) is 32.1 Å². The maximum Gasteiger partial charge on any atom is 0.252 e. The first-order valence-corrected chi connectivity index (χ1v) is 8.85. The molecule has 25 heavy (non-hydrogen) atoms. The highest BCUT2D eigenvalue weighted by Gasteiger charge is 2.21. The molecule has 1 saturated carbocycles. The van der Waals surface area contributed by atoms with E-state index < -0.39 is 0 Å². The molecule has 0 spiro atoms. The van der Waals surface area contributed by atoms with Crippen LogP contribution >= 0.6 is 0 Å². The molecule has 1 aliphatic carbocycles. The minimum atomic E-state index is -0.207. The van der Waals surface area contributed by atoms with Gasteiger partial charge in [-0.15, -0.1) is 0 Å². The van der Waals surface area contributed by atoms with Crippen molar-refractivity contribution in [3.8, 4) is 0 Å². The van der Waals surface area contributed by atoms with Crippen LogP contribution in [0.3, 0.4) is 0 Å². The molecule has 2 atom stereocenters. The zero-order valence-corrected chi connectivity index (χ0v) is 15.0. The summed E-state index contributed by atoms with van der Waals surface area (Å²) >= 11 is 0. The van der Waals surface area contributed by atoms with Crippen molar-refractivity contribution in [2.45, 2.75) is 38.7 Å². The third-order valence-electron chi connectivity index (χ3n) is 4.44. The lowest BCUT2D eigenvalue weighted by atomic mass is 9.88. The fraction of sp³-hybridized carbons (Fsp3) is 0.526. The van der Waals surface area contributed by atoms with Crippen LogP contribution in [-0.4, -0.2) is 43.1 Å². The first-order chi connectivity index (χ1) is 12.1. The Morgan fingerprint density at radius 2 is 2.12 bits per heavy atom. The summed E-state index contributed by atoms with van der Waals surface area (Å²) in [6.45, 7) is 3.25. The van der Waals surface area contributed by atoms with Gasteiger partial charge in [-0.1, -0.05) is 19.8 Å². The minimum Gasteiger partial charge on any atom is -0.376 e. The Balaban J connectivity index is 1.72. The summed E-state index contributed by atoms with van der Waals surface area (Å²) in [5, 5.41) is 5.35. The van der Waals surface area contributed by atoms with Crippen LogP contribution in [0.25, 0.3) is 6.08 Å². The molecule has 6 nitrogen and oxygen atoms in total. The summed E-state index contributed by atoms with van der Waals surface area (Å²) in [7, 11) is 1.56. The Morgan fingerprint density at radius 1 is 1.32 bits per heavy atom. The molecule has 136 valence electrons. The van der Waals surface area contributed by atoms with Gasteiger partial charge in [0.25, 0.3) is 5.91 Å². The van der Waals surface area contributed by atoms with Crippen LogP contribution in [0, 0.1) is 5.92 Å². The highest BCUT2D eigenvalue weighted by atomic mass is 16.5. The van der Waals surface area contributed by atoms with Crippen molar-refractivity contribution in [1.29, 1.82) is 0 Å². The van der Waals surface area contributed by atoms with Gasteiger partial charge in [-0.25, -0.2) is 0 Å². The molecule has 2 rings (SSSR count). The lowest BCUT2D eigenvalue weighted by molar-refractivity contribution is -0.116. The molecule has 0 aliphatic heterocycles. The number of nitrogens with zero attached hydrogens (tertiary/aromatic N) is 1. The molecular formula is C19H27N3O3. The summed E-state index contributed by atoms with van der Waals surface area (Å²) in [5.74, 6) is 0.205. The van der Waals surface area contributed by atoms with Crippen molar-refractivity contribution >= 4 is 17.9 Å².